The zero-order chi connectivity index (χ0) is 14.9. The molecule has 0 saturated carbocycles. The van der Waals surface area contributed by atoms with Crippen LogP contribution in [0.4, 0.5) is 0 Å². The monoisotopic (exact) mass is 293 g/mol. The van der Waals surface area contributed by atoms with E-state index in [-0.39, 0.29) is 5.97 Å². The van der Waals surface area contributed by atoms with Crippen LogP contribution in [0.15, 0.2) is 18.2 Å². The molecule has 0 aromatic heterocycles. The smallest absolute Gasteiger partial charge is 0.305 e. The molecular formula is C16H23NO4. The number of esters is 1. The number of hydrogen-bond acceptors (Lipinski definition) is 5. The van der Waals surface area contributed by atoms with Crippen molar-refractivity contribution in [2.75, 3.05) is 19.9 Å². The third-order valence-electron chi connectivity index (χ3n) is 3.33. The van der Waals surface area contributed by atoms with E-state index >= 15 is 0 Å². The largest absolute Gasteiger partial charge is 0.466 e. The molecule has 0 saturated heterocycles. The molecule has 0 aliphatic carbocycles. The van der Waals surface area contributed by atoms with Gasteiger partial charge >= 0.3 is 5.97 Å². The summed E-state index contributed by atoms with van der Waals surface area (Å²) in [6, 6.07) is 5.94. The molecule has 0 fully saturated rings. The Labute approximate surface area is 125 Å². The van der Waals surface area contributed by atoms with E-state index in [1.165, 1.54) is 0 Å². The van der Waals surface area contributed by atoms with Gasteiger partial charge in [0.1, 0.15) is 0 Å². The lowest BCUT2D eigenvalue weighted by Gasteiger charge is -2.07. The number of ether oxygens (including phenoxy) is 3. The quantitative estimate of drug-likeness (QED) is 0.560. The van der Waals surface area contributed by atoms with Gasteiger partial charge in [-0.3, -0.25) is 4.79 Å². The highest BCUT2D eigenvalue weighted by Gasteiger charge is 2.16. The number of carbonyl (C=O) groups excluding carboxylic acids is 1. The van der Waals surface area contributed by atoms with Gasteiger partial charge in [-0.15, -0.1) is 0 Å². The van der Waals surface area contributed by atoms with Crippen LogP contribution in [-0.2, 0) is 16.1 Å². The third-order valence-corrected chi connectivity index (χ3v) is 3.33. The van der Waals surface area contributed by atoms with E-state index in [0.29, 0.717) is 19.8 Å². The predicted molar refractivity (Wildman–Crippen MR) is 79.4 cm³/mol. The van der Waals surface area contributed by atoms with Gasteiger partial charge in [-0.25, -0.2) is 0 Å². The normalized spacial score (nSPS) is 12.4. The van der Waals surface area contributed by atoms with Crippen molar-refractivity contribution in [3.63, 3.8) is 0 Å². The number of benzene rings is 1. The first-order valence-corrected chi connectivity index (χ1v) is 7.55. The van der Waals surface area contributed by atoms with Crippen LogP contribution in [0.25, 0.3) is 0 Å². The van der Waals surface area contributed by atoms with E-state index in [0.717, 1.165) is 49.4 Å². The van der Waals surface area contributed by atoms with Crippen molar-refractivity contribution < 1.29 is 19.0 Å². The lowest BCUT2D eigenvalue weighted by Crippen LogP contribution is -2.15. The van der Waals surface area contributed by atoms with Gasteiger partial charge in [-0.2, -0.15) is 0 Å². The number of nitrogens with one attached hydrogen (secondary N) is 1. The van der Waals surface area contributed by atoms with Crippen molar-refractivity contribution in [3.05, 3.63) is 23.8 Å². The van der Waals surface area contributed by atoms with E-state index in [4.69, 9.17) is 14.2 Å². The zero-order valence-electron chi connectivity index (χ0n) is 12.5. The summed E-state index contributed by atoms with van der Waals surface area (Å²) >= 11 is 0. The van der Waals surface area contributed by atoms with Gasteiger partial charge in [0.05, 0.1) is 6.61 Å². The van der Waals surface area contributed by atoms with Gasteiger partial charge in [-0.05, 0) is 32.4 Å². The average molecular weight is 293 g/mol. The Bertz CT molecular complexity index is 462. The fourth-order valence-electron chi connectivity index (χ4n) is 2.28. The Kier molecular flexibility index (Phi) is 6.34. The van der Waals surface area contributed by atoms with Crippen LogP contribution in [0.2, 0.25) is 0 Å². The summed E-state index contributed by atoms with van der Waals surface area (Å²) in [6.45, 7) is 4.29. The first kappa shape index (κ1) is 15.6. The number of rotatable bonds is 9. The lowest BCUT2D eigenvalue weighted by atomic mass is 10.1. The number of para-hydroxylation sites is 1. The molecular weight excluding hydrogens is 270 g/mol. The zero-order valence-corrected chi connectivity index (χ0v) is 12.5. The van der Waals surface area contributed by atoms with Crippen LogP contribution in [0.3, 0.4) is 0 Å². The maximum Gasteiger partial charge on any atom is 0.305 e. The highest BCUT2D eigenvalue weighted by molar-refractivity contribution is 5.69. The van der Waals surface area contributed by atoms with Crippen LogP contribution in [0.5, 0.6) is 11.5 Å². The number of fused-ring (bicyclic) bond motifs is 1. The Morgan fingerprint density at radius 1 is 1.29 bits per heavy atom. The molecule has 1 aliphatic heterocycles. The van der Waals surface area contributed by atoms with Gasteiger partial charge in [0, 0.05) is 18.5 Å². The summed E-state index contributed by atoms with van der Waals surface area (Å²) in [5.74, 6) is 1.58. The van der Waals surface area contributed by atoms with Crippen molar-refractivity contribution in [2.24, 2.45) is 0 Å². The second-order valence-electron chi connectivity index (χ2n) is 4.94. The number of hydrogen-bond donors (Lipinski definition) is 1. The molecule has 5 heteroatoms. The van der Waals surface area contributed by atoms with Gasteiger partial charge in [0.2, 0.25) is 6.79 Å². The van der Waals surface area contributed by atoms with Crippen LogP contribution in [0, 0.1) is 0 Å². The molecule has 2 rings (SSSR count). The molecule has 5 nitrogen and oxygen atoms in total. The van der Waals surface area contributed by atoms with Crippen LogP contribution < -0.4 is 14.8 Å². The molecule has 0 unspecified atom stereocenters. The summed E-state index contributed by atoms with van der Waals surface area (Å²) in [5.41, 5.74) is 1.12. The van der Waals surface area contributed by atoms with Gasteiger partial charge < -0.3 is 19.5 Å². The topological polar surface area (TPSA) is 56.8 Å². The minimum Gasteiger partial charge on any atom is -0.466 e. The van der Waals surface area contributed by atoms with E-state index in [2.05, 4.69) is 5.32 Å². The highest BCUT2D eigenvalue weighted by atomic mass is 16.7. The van der Waals surface area contributed by atoms with Gasteiger partial charge in [-0.1, -0.05) is 18.6 Å². The minimum absolute atomic E-state index is 0.0949. The molecule has 0 atom stereocenters. The van der Waals surface area contributed by atoms with Crippen LogP contribution >= 0.6 is 0 Å². The first-order valence-electron chi connectivity index (χ1n) is 7.55. The Morgan fingerprint density at radius 3 is 3.05 bits per heavy atom. The second kappa shape index (κ2) is 8.52. The maximum absolute atomic E-state index is 11.2. The van der Waals surface area contributed by atoms with E-state index in [1.54, 1.807) is 0 Å². The molecule has 0 spiro atoms. The standard InChI is InChI=1S/C16H23NO4/c1-2-19-15(18)9-4-3-5-10-17-11-13-7-6-8-14-16(13)21-12-20-14/h6-8,17H,2-5,9-12H2,1H3. The molecule has 1 aromatic carbocycles. The third kappa shape index (κ3) is 4.93. The van der Waals surface area contributed by atoms with E-state index < -0.39 is 0 Å². The summed E-state index contributed by atoms with van der Waals surface area (Å²) in [4.78, 5) is 11.2. The van der Waals surface area contributed by atoms with Crippen molar-refractivity contribution in [3.8, 4) is 11.5 Å². The fraction of sp³-hybridized carbons (Fsp3) is 0.562. The van der Waals surface area contributed by atoms with Crippen molar-refractivity contribution in [1.82, 2.24) is 5.32 Å². The average Bonchev–Trinajstić information content (AvgIpc) is 2.95. The lowest BCUT2D eigenvalue weighted by molar-refractivity contribution is -0.143. The Hall–Kier alpha value is -1.75. The summed E-state index contributed by atoms with van der Waals surface area (Å²) < 4.78 is 15.7. The Balaban J connectivity index is 1.56. The number of carbonyl (C=O) groups is 1. The summed E-state index contributed by atoms with van der Waals surface area (Å²) in [6.07, 6.45) is 3.48. The summed E-state index contributed by atoms with van der Waals surface area (Å²) in [5, 5.41) is 3.39. The predicted octanol–water partition coefficient (Wildman–Crippen LogP) is 2.63. The SMILES string of the molecule is CCOC(=O)CCCCCNCc1cccc2c1OCO2. The second-order valence-corrected chi connectivity index (χ2v) is 4.94. The minimum atomic E-state index is -0.0949. The molecule has 21 heavy (non-hydrogen) atoms. The van der Waals surface area contributed by atoms with Crippen LogP contribution in [-0.4, -0.2) is 25.9 Å². The fourth-order valence-corrected chi connectivity index (χ4v) is 2.28. The molecule has 0 amide bonds. The van der Waals surface area contributed by atoms with Gasteiger partial charge in [0.25, 0.3) is 0 Å². The molecule has 1 aromatic rings. The highest BCUT2D eigenvalue weighted by Crippen LogP contribution is 2.35. The van der Waals surface area contributed by atoms with E-state index in [9.17, 15) is 4.79 Å². The Morgan fingerprint density at radius 2 is 2.19 bits per heavy atom. The van der Waals surface area contributed by atoms with Crippen molar-refractivity contribution >= 4 is 5.97 Å². The molecule has 0 radical (unpaired) electrons. The molecule has 1 aliphatic rings. The van der Waals surface area contributed by atoms with Crippen molar-refractivity contribution in [2.45, 2.75) is 39.2 Å². The summed E-state index contributed by atoms with van der Waals surface area (Å²) in [7, 11) is 0. The van der Waals surface area contributed by atoms with Gasteiger partial charge in [0.15, 0.2) is 11.5 Å². The molecule has 1 heterocycles. The van der Waals surface area contributed by atoms with Crippen LogP contribution in [0.1, 0.15) is 38.2 Å². The maximum atomic E-state index is 11.2. The van der Waals surface area contributed by atoms with E-state index in [1.807, 2.05) is 25.1 Å². The molecule has 116 valence electrons. The first-order chi connectivity index (χ1) is 10.3. The molecule has 1 N–H and O–H groups in total. The van der Waals surface area contributed by atoms with Crippen molar-refractivity contribution in [1.29, 1.82) is 0 Å². The number of unbranched alkanes of at least 4 members (excludes halogenated alkanes) is 2. The molecule has 0 bridgehead atoms.